The molecule has 2 heterocycles. The largest absolute Gasteiger partial charge is 0.491 e. The summed E-state index contributed by atoms with van der Waals surface area (Å²) in [6.45, 7) is 3.78. The molecule has 0 aliphatic rings. The van der Waals surface area contributed by atoms with Crippen LogP contribution in [0.3, 0.4) is 0 Å². The van der Waals surface area contributed by atoms with Gasteiger partial charge in [-0.1, -0.05) is 18.2 Å². The number of rotatable bonds is 8. The number of nitrogens with one attached hydrogen (secondary N) is 1. The summed E-state index contributed by atoms with van der Waals surface area (Å²) < 4.78 is 11.1. The van der Waals surface area contributed by atoms with Crippen molar-refractivity contribution >= 4 is 16.7 Å². The number of fused-ring (bicyclic) bond motifs is 1. The van der Waals surface area contributed by atoms with Gasteiger partial charge in [0.05, 0.1) is 12.1 Å². The quantitative estimate of drug-likeness (QED) is 0.428. The van der Waals surface area contributed by atoms with Gasteiger partial charge in [-0.15, -0.1) is 0 Å². The lowest BCUT2D eigenvalue weighted by molar-refractivity contribution is 0.110. The molecule has 6 nitrogen and oxygen atoms in total. The molecule has 30 heavy (non-hydrogen) atoms. The van der Waals surface area contributed by atoms with Crippen LogP contribution in [0.5, 0.6) is 5.75 Å². The minimum absolute atomic E-state index is 0.532. The van der Waals surface area contributed by atoms with E-state index in [9.17, 15) is 0 Å². The Balaban J connectivity index is 1.67. The van der Waals surface area contributed by atoms with Crippen LogP contribution < -0.4 is 10.1 Å². The Morgan fingerprint density at radius 3 is 2.57 bits per heavy atom. The molecule has 1 N–H and O–H groups in total. The fraction of sp³-hybridized carbons (Fsp3) is 0.208. The fourth-order valence-corrected chi connectivity index (χ4v) is 3.25. The van der Waals surface area contributed by atoms with Crippen LogP contribution >= 0.6 is 0 Å². The molecule has 0 bridgehead atoms. The summed E-state index contributed by atoms with van der Waals surface area (Å²) in [4.78, 5) is 13.6. The van der Waals surface area contributed by atoms with Crippen molar-refractivity contribution in [2.45, 2.75) is 6.92 Å². The predicted octanol–water partition coefficient (Wildman–Crippen LogP) is 4.82. The van der Waals surface area contributed by atoms with Crippen LogP contribution in [0.4, 0.5) is 5.82 Å². The first-order valence-electron chi connectivity index (χ1n) is 9.99. The Labute approximate surface area is 175 Å². The molecule has 2 aromatic carbocycles. The van der Waals surface area contributed by atoms with E-state index in [4.69, 9.17) is 19.4 Å². The molecule has 0 fully saturated rings. The molecule has 152 valence electrons. The second-order valence-corrected chi connectivity index (χ2v) is 6.69. The summed E-state index contributed by atoms with van der Waals surface area (Å²) in [5, 5.41) is 4.16. The van der Waals surface area contributed by atoms with E-state index in [-0.39, 0.29) is 0 Å². The van der Waals surface area contributed by atoms with Gasteiger partial charge in [0.25, 0.3) is 0 Å². The lowest BCUT2D eigenvalue weighted by Crippen LogP contribution is -2.06. The second kappa shape index (κ2) is 9.33. The summed E-state index contributed by atoms with van der Waals surface area (Å²) in [5.41, 5.74) is 3.91. The number of hydrogen-bond donors (Lipinski definition) is 1. The lowest BCUT2D eigenvalue weighted by atomic mass is 10.0. The Morgan fingerprint density at radius 1 is 0.900 bits per heavy atom. The standard InChI is InChI=1S/C24H24N4O2/c1-3-29-12-13-30-20-8-4-6-17(14-20)18-9-10-22-21(15-18)24(25-2)28-23(27-22)19-7-5-11-26-16-19/h4-11,14-16H,3,12-13H2,1-2H3,(H,25,27,28). The average Bonchev–Trinajstić information content (AvgIpc) is 2.81. The third kappa shape index (κ3) is 4.39. The minimum atomic E-state index is 0.532. The molecule has 0 radical (unpaired) electrons. The van der Waals surface area contributed by atoms with Crippen molar-refractivity contribution in [1.82, 2.24) is 15.0 Å². The minimum Gasteiger partial charge on any atom is -0.491 e. The first-order valence-corrected chi connectivity index (χ1v) is 9.99. The molecule has 0 aliphatic heterocycles. The normalized spacial score (nSPS) is 10.9. The van der Waals surface area contributed by atoms with Crippen LogP contribution in [-0.4, -0.2) is 41.8 Å². The van der Waals surface area contributed by atoms with E-state index in [0.717, 1.165) is 39.2 Å². The van der Waals surface area contributed by atoms with Crippen molar-refractivity contribution < 1.29 is 9.47 Å². The van der Waals surface area contributed by atoms with Crippen molar-refractivity contribution in [3.05, 3.63) is 67.0 Å². The smallest absolute Gasteiger partial charge is 0.163 e. The van der Waals surface area contributed by atoms with Crippen LogP contribution in [0.15, 0.2) is 67.0 Å². The molecule has 0 unspecified atom stereocenters. The number of aromatic nitrogens is 3. The highest BCUT2D eigenvalue weighted by atomic mass is 16.5. The summed E-state index contributed by atoms with van der Waals surface area (Å²) >= 11 is 0. The zero-order valence-corrected chi connectivity index (χ0v) is 17.1. The first kappa shape index (κ1) is 19.8. The Morgan fingerprint density at radius 2 is 1.77 bits per heavy atom. The topological polar surface area (TPSA) is 69.2 Å². The van der Waals surface area contributed by atoms with Crippen LogP contribution in [0.1, 0.15) is 6.92 Å². The molecule has 0 spiro atoms. The van der Waals surface area contributed by atoms with E-state index >= 15 is 0 Å². The maximum absolute atomic E-state index is 5.80. The lowest BCUT2D eigenvalue weighted by Gasteiger charge is -2.11. The highest BCUT2D eigenvalue weighted by Crippen LogP contribution is 2.30. The third-order valence-corrected chi connectivity index (χ3v) is 4.72. The van der Waals surface area contributed by atoms with Crippen molar-refractivity contribution in [2.24, 2.45) is 0 Å². The van der Waals surface area contributed by atoms with E-state index in [0.29, 0.717) is 25.6 Å². The van der Waals surface area contributed by atoms with Crippen molar-refractivity contribution in [2.75, 3.05) is 32.2 Å². The molecular formula is C24H24N4O2. The fourth-order valence-electron chi connectivity index (χ4n) is 3.25. The van der Waals surface area contributed by atoms with E-state index in [1.807, 2.05) is 50.4 Å². The van der Waals surface area contributed by atoms with E-state index < -0.39 is 0 Å². The number of ether oxygens (including phenoxy) is 2. The highest BCUT2D eigenvalue weighted by molar-refractivity contribution is 5.93. The monoisotopic (exact) mass is 400 g/mol. The van der Waals surface area contributed by atoms with Gasteiger partial charge >= 0.3 is 0 Å². The zero-order chi connectivity index (χ0) is 20.8. The van der Waals surface area contributed by atoms with Crippen LogP contribution in [0.25, 0.3) is 33.4 Å². The summed E-state index contributed by atoms with van der Waals surface area (Å²) in [7, 11) is 1.87. The molecule has 0 saturated heterocycles. The van der Waals surface area contributed by atoms with Crippen molar-refractivity contribution in [3.63, 3.8) is 0 Å². The van der Waals surface area contributed by atoms with Crippen molar-refractivity contribution in [1.29, 1.82) is 0 Å². The second-order valence-electron chi connectivity index (χ2n) is 6.69. The van der Waals surface area contributed by atoms with Gasteiger partial charge in [0.1, 0.15) is 18.2 Å². The zero-order valence-electron chi connectivity index (χ0n) is 17.1. The van der Waals surface area contributed by atoms with Gasteiger partial charge in [-0.2, -0.15) is 0 Å². The van der Waals surface area contributed by atoms with E-state index in [1.165, 1.54) is 0 Å². The number of anilines is 1. The molecule has 0 amide bonds. The Hall–Kier alpha value is -3.51. The molecule has 2 aromatic heterocycles. The number of nitrogens with zero attached hydrogens (tertiary/aromatic N) is 3. The predicted molar refractivity (Wildman–Crippen MR) is 120 cm³/mol. The van der Waals surface area contributed by atoms with Crippen LogP contribution in [0, 0.1) is 0 Å². The van der Waals surface area contributed by atoms with Crippen molar-refractivity contribution in [3.8, 4) is 28.3 Å². The number of benzene rings is 2. The number of pyridine rings is 1. The van der Waals surface area contributed by atoms with E-state index in [2.05, 4.69) is 28.5 Å². The Bertz CT molecular complexity index is 1130. The van der Waals surface area contributed by atoms with Gasteiger partial charge in [-0.05, 0) is 54.4 Å². The molecule has 4 aromatic rings. The summed E-state index contributed by atoms with van der Waals surface area (Å²) in [5.74, 6) is 2.26. The molecule has 4 rings (SSSR count). The van der Waals surface area contributed by atoms with Gasteiger partial charge in [0, 0.05) is 37.0 Å². The van der Waals surface area contributed by atoms with Gasteiger partial charge in [-0.25, -0.2) is 9.97 Å². The molecule has 0 atom stereocenters. The number of hydrogen-bond acceptors (Lipinski definition) is 6. The van der Waals surface area contributed by atoms with Gasteiger partial charge in [-0.3, -0.25) is 4.98 Å². The maximum atomic E-state index is 5.80. The molecule has 0 saturated carbocycles. The van der Waals surface area contributed by atoms with Crippen LogP contribution in [-0.2, 0) is 4.74 Å². The van der Waals surface area contributed by atoms with E-state index in [1.54, 1.807) is 12.4 Å². The van der Waals surface area contributed by atoms with Crippen LogP contribution in [0.2, 0.25) is 0 Å². The SMILES string of the molecule is CCOCCOc1cccc(-c2ccc3nc(-c4cccnc4)nc(NC)c3c2)c1. The van der Waals surface area contributed by atoms with Gasteiger partial charge in [0.15, 0.2) is 5.82 Å². The molecular weight excluding hydrogens is 376 g/mol. The third-order valence-electron chi connectivity index (χ3n) is 4.72. The van der Waals surface area contributed by atoms with Gasteiger partial charge < -0.3 is 14.8 Å². The summed E-state index contributed by atoms with van der Waals surface area (Å²) in [6.07, 6.45) is 3.51. The average molecular weight is 400 g/mol. The molecule has 6 heteroatoms. The Kier molecular flexibility index (Phi) is 6.15. The highest BCUT2D eigenvalue weighted by Gasteiger charge is 2.10. The maximum Gasteiger partial charge on any atom is 0.163 e. The summed E-state index contributed by atoms with van der Waals surface area (Å²) in [6, 6.07) is 18.1. The van der Waals surface area contributed by atoms with Gasteiger partial charge in [0.2, 0.25) is 0 Å². The first-order chi connectivity index (χ1) is 14.8. The molecule has 0 aliphatic carbocycles.